The van der Waals surface area contributed by atoms with Gasteiger partial charge in [0, 0.05) is 18.2 Å². The van der Waals surface area contributed by atoms with E-state index in [2.05, 4.69) is 33.0 Å². The van der Waals surface area contributed by atoms with Gasteiger partial charge in [-0.15, -0.1) is 0 Å². The van der Waals surface area contributed by atoms with Crippen molar-refractivity contribution < 1.29 is 9.84 Å². The van der Waals surface area contributed by atoms with Crippen LogP contribution < -0.4 is 5.32 Å². The first kappa shape index (κ1) is 12.9. The molecule has 15 heavy (non-hydrogen) atoms. The summed E-state index contributed by atoms with van der Waals surface area (Å²) in [6.07, 6.45) is 2.79. The molecule has 2 N–H and O–H groups in total. The molecule has 0 amide bonds. The van der Waals surface area contributed by atoms with Gasteiger partial charge in [0.05, 0.1) is 12.2 Å². The van der Waals surface area contributed by atoms with E-state index in [4.69, 9.17) is 4.74 Å². The van der Waals surface area contributed by atoms with Crippen LogP contribution in [-0.2, 0) is 4.74 Å². The second kappa shape index (κ2) is 4.81. The van der Waals surface area contributed by atoms with Gasteiger partial charge in [0.2, 0.25) is 0 Å². The Morgan fingerprint density at radius 1 is 1.47 bits per heavy atom. The highest BCUT2D eigenvalue weighted by Gasteiger charge is 2.42. The molecule has 0 aromatic carbocycles. The molecule has 0 bridgehead atoms. The monoisotopic (exact) mass is 215 g/mol. The predicted octanol–water partition coefficient (Wildman–Crippen LogP) is 1.69. The molecule has 90 valence electrons. The minimum atomic E-state index is -0.142. The van der Waals surface area contributed by atoms with Gasteiger partial charge in [-0.05, 0) is 26.2 Å². The Labute approximate surface area is 93.2 Å². The van der Waals surface area contributed by atoms with E-state index < -0.39 is 0 Å². The summed E-state index contributed by atoms with van der Waals surface area (Å²) in [5.74, 6) is 0. The second-order valence-electron chi connectivity index (χ2n) is 5.32. The summed E-state index contributed by atoms with van der Waals surface area (Å²) in [4.78, 5) is 0. The van der Waals surface area contributed by atoms with Crippen LogP contribution in [0.3, 0.4) is 0 Å². The minimum absolute atomic E-state index is 0.0805. The average molecular weight is 215 g/mol. The number of ether oxygens (including phenoxy) is 1. The number of aliphatic hydroxyl groups excluding tert-OH is 1. The highest BCUT2D eigenvalue weighted by molar-refractivity contribution is 4.98. The van der Waals surface area contributed by atoms with Crippen LogP contribution >= 0.6 is 0 Å². The van der Waals surface area contributed by atoms with E-state index in [-0.39, 0.29) is 17.7 Å². The number of aliphatic hydroxyl groups is 1. The first-order valence-electron chi connectivity index (χ1n) is 5.98. The van der Waals surface area contributed by atoms with Gasteiger partial charge in [0.1, 0.15) is 0 Å². The lowest BCUT2D eigenvalue weighted by Gasteiger charge is -2.46. The third-order valence-electron chi connectivity index (χ3n) is 3.39. The number of hydrogen-bond acceptors (Lipinski definition) is 3. The molecule has 1 saturated heterocycles. The predicted molar refractivity (Wildman–Crippen MR) is 62.0 cm³/mol. The van der Waals surface area contributed by atoms with Gasteiger partial charge in [-0.2, -0.15) is 0 Å². The maximum atomic E-state index is 9.60. The summed E-state index contributed by atoms with van der Waals surface area (Å²) in [6.45, 7) is 9.46. The van der Waals surface area contributed by atoms with E-state index in [1.54, 1.807) is 0 Å². The Bertz CT molecular complexity index is 208. The number of rotatable bonds is 4. The maximum absolute atomic E-state index is 9.60. The Morgan fingerprint density at radius 3 is 2.60 bits per heavy atom. The highest BCUT2D eigenvalue weighted by Crippen LogP contribution is 2.34. The average Bonchev–Trinajstić information content (AvgIpc) is 2.17. The topological polar surface area (TPSA) is 41.5 Å². The normalized spacial score (nSPS) is 37.2. The molecule has 0 spiro atoms. The van der Waals surface area contributed by atoms with Crippen molar-refractivity contribution in [3.8, 4) is 0 Å². The Morgan fingerprint density at radius 2 is 2.13 bits per heavy atom. The Balaban J connectivity index is 2.72. The zero-order valence-electron chi connectivity index (χ0n) is 10.5. The quantitative estimate of drug-likeness (QED) is 0.750. The van der Waals surface area contributed by atoms with Crippen LogP contribution in [0.15, 0.2) is 0 Å². The van der Waals surface area contributed by atoms with Gasteiger partial charge in [0.25, 0.3) is 0 Å². The standard InChI is InChI=1S/C12H25NO2/c1-5-11(4)8-12(9-14,6-7-15-11)13-10(2)3/h10,13-14H,5-9H2,1-4H3. The van der Waals surface area contributed by atoms with E-state index in [0.717, 1.165) is 25.9 Å². The van der Waals surface area contributed by atoms with Crippen LogP contribution in [0.1, 0.15) is 47.0 Å². The van der Waals surface area contributed by atoms with Crippen LogP contribution in [0.4, 0.5) is 0 Å². The summed E-state index contributed by atoms with van der Waals surface area (Å²) in [7, 11) is 0. The fourth-order valence-corrected chi connectivity index (χ4v) is 2.49. The van der Waals surface area contributed by atoms with E-state index >= 15 is 0 Å². The summed E-state index contributed by atoms with van der Waals surface area (Å²) in [5, 5.41) is 13.1. The van der Waals surface area contributed by atoms with Gasteiger partial charge in [-0.25, -0.2) is 0 Å². The molecule has 1 aliphatic heterocycles. The fourth-order valence-electron chi connectivity index (χ4n) is 2.49. The molecule has 1 fully saturated rings. The molecular weight excluding hydrogens is 190 g/mol. The van der Waals surface area contributed by atoms with Crippen LogP contribution in [0.5, 0.6) is 0 Å². The van der Waals surface area contributed by atoms with Crippen LogP contribution in [-0.4, -0.2) is 35.5 Å². The molecule has 1 rings (SSSR count). The summed E-state index contributed by atoms with van der Waals surface area (Å²) >= 11 is 0. The van der Waals surface area contributed by atoms with E-state index in [1.807, 2.05) is 0 Å². The van der Waals surface area contributed by atoms with Crippen molar-refractivity contribution in [3.05, 3.63) is 0 Å². The third-order valence-corrected chi connectivity index (χ3v) is 3.39. The van der Waals surface area contributed by atoms with Crippen molar-refractivity contribution in [1.29, 1.82) is 0 Å². The molecule has 1 aliphatic rings. The molecule has 2 atom stereocenters. The third kappa shape index (κ3) is 3.16. The molecule has 3 heteroatoms. The fraction of sp³-hybridized carbons (Fsp3) is 1.00. The molecule has 0 aromatic rings. The minimum Gasteiger partial charge on any atom is -0.394 e. The highest BCUT2D eigenvalue weighted by atomic mass is 16.5. The lowest BCUT2D eigenvalue weighted by atomic mass is 9.79. The molecule has 0 radical (unpaired) electrons. The van der Waals surface area contributed by atoms with Crippen LogP contribution in [0.25, 0.3) is 0 Å². The first-order chi connectivity index (χ1) is 6.95. The molecule has 0 aliphatic carbocycles. The van der Waals surface area contributed by atoms with Crippen molar-refractivity contribution in [2.24, 2.45) is 0 Å². The van der Waals surface area contributed by atoms with Crippen molar-refractivity contribution in [3.63, 3.8) is 0 Å². The first-order valence-corrected chi connectivity index (χ1v) is 5.98. The van der Waals surface area contributed by atoms with Crippen LogP contribution in [0.2, 0.25) is 0 Å². The SMILES string of the molecule is CCC1(C)CC(CO)(NC(C)C)CCO1. The molecule has 0 aromatic heterocycles. The Kier molecular flexibility index (Phi) is 4.15. The number of nitrogens with one attached hydrogen (secondary N) is 1. The lowest BCUT2D eigenvalue weighted by molar-refractivity contribution is -0.112. The maximum Gasteiger partial charge on any atom is 0.0670 e. The second-order valence-corrected chi connectivity index (χ2v) is 5.32. The van der Waals surface area contributed by atoms with Crippen molar-refractivity contribution in [2.75, 3.05) is 13.2 Å². The van der Waals surface area contributed by atoms with Gasteiger partial charge in [-0.3, -0.25) is 0 Å². The van der Waals surface area contributed by atoms with Gasteiger partial charge in [-0.1, -0.05) is 20.8 Å². The Hall–Kier alpha value is -0.120. The van der Waals surface area contributed by atoms with Crippen molar-refractivity contribution >= 4 is 0 Å². The summed E-state index contributed by atoms with van der Waals surface area (Å²) < 4.78 is 5.80. The summed E-state index contributed by atoms with van der Waals surface area (Å²) in [6, 6.07) is 0.399. The van der Waals surface area contributed by atoms with Crippen molar-refractivity contribution in [2.45, 2.75) is 64.1 Å². The molecular formula is C12H25NO2. The van der Waals surface area contributed by atoms with Crippen molar-refractivity contribution in [1.82, 2.24) is 5.32 Å². The van der Waals surface area contributed by atoms with Gasteiger partial charge in [0.15, 0.2) is 0 Å². The molecule has 1 heterocycles. The lowest BCUT2D eigenvalue weighted by Crippen LogP contribution is -2.59. The number of hydrogen-bond donors (Lipinski definition) is 2. The molecule has 2 unspecified atom stereocenters. The molecule has 0 saturated carbocycles. The van der Waals surface area contributed by atoms with E-state index in [0.29, 0.717) is 6.04 Å². The van der Waals surface area contributed by atoms with E-state index in [9.17, 15) is 5.11 Å². The zero-order chi connectivity index (χ0) is 11.5. The van der Waals surface area contributed by atoms with Gasteiger partial charge < -0.3 is 15.2 Å². The zero-order valence-corrected chi connectivity index (χ0v) is 10.5. The van der Waals surface area contributed by atoms with Crippen LogP contribution in [0, 0.1) is 0 Å². The molecule has 3 nitrogen and oxygen atoms in total. The smallest absolute Gasteiger partial charge is 0.0670 e. The largest absolute Gasteiger partial charge is 0.394 e. The van der Waals surface area contributed by atoms with E-state index in [1.165, 1.54) is 0 Å². The summed E-state index contributed by atoms with van der Waals surface area (Å²) in [5.41, 5.74) is -0.222. The van der Waals surface area contributed by atoms with Gasteiger partial charge >= 0.3 is 0 Å².